The first kappa shape index (κ1) is 16.6. The van der Waals surface area contributed by atoms with E-state index >= 15 is 0 Å². The SMILES string of the molecule is CC[N@+](C)(CC1CC1)[C@@H]1Cc2ccc(O)c3c2C2[C@@H](O3)C(=O)CC[C@]21O. The first-order valence-electron chi connectivity index (χ1n) is 9.98. The highest BCUT2D eigenvalue weighted by Gasteiger charge is 2.65. The molecule has 0 amide bonds. The highest BCUT2D eigenvalue weighted by molar-refractivity contribution is 5.88. The largest absolute Gasteiger partial charge is 0.504 e. The van der Waals surface area contributed by atoms with Gasteiger partial charge in [-0.05, 0) is 37.8 Å². The molecular formula is C21H28NO4+. The molecule has 2 saturated carbocycles. The topological polar surface area (TPSA) is 66.8 Å². The Kier molecular flexibility index (Phi) is 3.33. The normalized spacial score (nSPS) is 37.0. The predicted octanol–water partition coefficient (Wildman–Crippen LogP) is 2.13. The molecule has 1 aliphatic heterocycles. The molecule has 5 atom stereocenters. The molecule has 140 valence electrons. The van der Waals surface area contributed by atoms with Crippen LogP contribution in [0.2, 0.25) is 0 Å². The van der Waals surface area contributed by atoms with Gasteiger partial charge in [0.1, 0.15) is 11.6 Å². The zero-order valence-corrected chi connectivity index (χ0v) is 15.6. The van der Waals surface area contributed by atoms with Gasteiger partial charge < -0.3 is 19.4 Å². The average molecular weight is 358 g/mol. The Balaban J connectivity index is 1.66. The number of carbonyl (C=O) groups excluding carboxylic acids is 1. The molecule has 0 bridgehead atoms. The van der Waals surface area contributed by atoms with Crippen LogP contribution in [0.1, 0.15) is 49.7 Å². The molecule has 1 heterocycles. The number of ketones is 1. The minimum atomic E-state index is -0.954. The van der Waals surface area contributed by atoms with E-state index in [9.17, 15) is 15.0 Å². The Morgan fingerprint density at radius 2 is 2.12 bits per heavy atom. The minimum absolute atomic E-state index is 0.0507. The molecule has 1 aromatic carbocycles. The number of aromatic hydroxyl groups is 1. The summed E-state index contributed by atoms with van der Waals surface area (Å²) in [6.45, 7) is 4.27. The second-order valence-electron chi connectivity index (χ2n) is 9.10. The second kappa shape index (κ2) is 5.23. The molecule has 5 heteroatoms. The van der Waals surface area contributed by atoms with Crippen LogP contribution >= 0.6 is 0 Å². The lowest BCUT2D eigenvalue weighted by atomic mass is 9.61. The Morgan fingerprint density at radius 3 is 2.81 bits per heavy atom. The summed E-state index contributed by atoms with van der Waals surface area (Å²) in [5.74, 6) is 0.980. The lowest BCUT2D eigenvalue weighted by molar-refractivity contribution is -0.941. The number of carbonyl (C=O) groups is 1. The van der Waals surface area contributed by atoms with Gasteiger partial charge in [-0.1, -0.05) is 6.07 Å². The van der Waals surface area contributed by atoms with E-state index in [4.69, 9.17) is 4.74 Å². The summed E-state index contributed by atoms with van der Waals surface area (Å²) in [5, 5.41) is 22.2. The third kappa shape index (κ3) is 2.07. The van der Waals surface area contributed by atoms with E-state index in [1.807, 2.05) is 6.07 Å². The van der Waals surface area contributed by atoms with Crippen LogP contribution in [0.15, 0.2) is 12.1 Å². The number of benzene rings is 1. The molecule has 1 aromatic rings. The molecule has 1 unspecified atom stereocenters. The number of aliphatic hydroxyl groups is 1. The van der Waals surface area contributed by atoms with Crippen molar-refractivity contribution < 1.29 is 24.2 Å². The third-order valence-corrected chi connectivity index (χ3v) is 7.59. The molecule has 0 radical (unpaired) electrons. The van der Waals surface area contributed by atoms with Gasteiger partial charge in [0.2, 0.25) is 0 Å². The Hall–Kier alpha value is -1.59. The fourth-order valence-corrected chi connectivity index (χ4v) is 5.89. The molecule has 2 fully saturated rings. The van der Waals surface area contributed by atoms with Gasteiger partial charge in [0, 0.05) is 24.3 Å². The average Bonchev–Trinajstić information content (AvgIpc) is 3.32. The van der Waals surface area contributed by atoms with Crippen LogP contribution in [0.5, 0.6) is 11.5 Å². The number of ether oxygens (including phenoxy) is 1. The first-order valence-corrected chi connectivity index (χ1v) is 9.98. The van der Waals surface area contributed by atoms with E-state index in [0.29, 0.717) is 18.6 Å². The zero-order valence-electron chi connectivity index (χ0n) is 15.6. The van der Waals surface area contributed by atoms with Gasteiger partial charge in [0.15, 0.2) is 23.4 Å². The van der Waals surface area contributed by atoms with E-state index in [2.05, 4.69) is 14.0 Å². The second-order valence-corrected chi connectivity index (χ2v) is 9.10. The third-order valence-electron chi connectivity index (χ3n) is 7.59. The standard InChI is InChI=1S/C21H27NO4/c1-3-22(2,11-12-4-5-12)16-10-13-6-7-14(23)19-17(13)18-20(26-19)15(24)8-9-21(16,18)25/h6-7,12,16,18,20,25H,3-5,8-11H2,1-2H3/p+1/t16-,18?,20+,21-,22-/m1/s1. The maximum atomic E-state index is 12.6. The van der Waals surface area contributed by atoms with E-state index in [-0.39, 0.29) is 23.5 Å². The summed E-state index contributed by atoms with van der Waals surface area (Å²) in [6, 6.07) is 3.69. The number of likely N-dealkylation sites (N-methyl/N-ethyl adjacent to an activating group) is 1. The number of rotatable bonds is 4. The predicted molar refractivity (Wildman–Crippen MR) is 96.3 cm³/mol. The van der Waals surface area contributed by atoms with Gasteiger partial charge in [-0.3, -0.25) is 4.79 Å². The van der Waals surface area contributed by atoms with Gasteiger partial charge >= 0.3 is 0 Å². The maximum Gasteiger partial charge on any atom is 0.174 e. The Morgan fingerprint density at radius 1 is 1.35 bits per heavy atom. The minimum Gasteiger partial charge on any atom is -0.504 e. The summed E-state index contributed by atoms with van der Waals surface area (Å²) in [7, 11) is 2.27. The van der Waals surface area contributed by atoms with E-state index in [1.54, 1.807) is 6.07 Å². The number of hydrogen-bond donors (Lipinski definition) is 2. The van der Waals surface area contributed by atoms with Gasteiger partial charge in [-0.15, -0.1) is 0 Å². The van der Waals surface area contributed by atoms with Crippen LogP contribution in [-0.2, 0) is 11.2 Å². The van der Waals surface area contributed by atoms with Crippen LogP contribution in [0.4, 0.5) is 0 Å². The fraction of sp³-hybridized carbons (Fsp3) is 0.667. The van der Waals surface area contributed by atoms with Crippen molar-refractivity contribution in [1.29, 1.82) is 0 Å². The van der Waals surface area contributed by atoms with E-state index < -0.39 is 11.7 Å². The molecule has 0 aromatic heterocycles. The summed E-state index contributed by atoms with van der Waals surface area (Å²) >= 11 is 0. The van der Waals surface area contributed by atoms with E-state index in [0.717, 1.165) is 41.0 Å². The van der Waals surface area contributed by atoms with Crippen molar-refractivity contribution in [2.45, 2.75) is 62.7 Å². The number of Topliss-reactive ketones (excluding diaryl/α,β-unsaturated/α-hetero) is 1. The summed E-state index contributed by atoms with van der Waals surface area (Å²) in [6.07, 6.45) is 3.56. The molecule has 0 saturated heterocycles. The Bertz CT molecular complexity index is 788. The van der Waals surface area contributed by atoms with Crippen LogP contribution in [0.3, 0.4) is 0 Å². The van der Waals surface area contributed by atoms with Crippen molar-refractivity contribution in [3.63, 3.8) is 0 Å². The van der Waals surface area contributed by atoms with Crippen LogP contribution in [0, 0.1) is 5.92 Å². The lowest BCUT2D eigenvalue weighted by Gasteiger charge is -2.54. The molecular weight excluding hydrogens is 330 g/mol. The van der Waals surface area contributed by atoms with Crippen molar-refractivity contribution in [2.24, 2.45) is 5.92 Å². The number of nitrogens with zero attached hydrogens (tertiary/aromatic N) is 1. The van der Waals surface area contributed by atoms with Crippen molar-refractivity contribution in [3.05, 3.63) is 23.3 Å². The highest BCUT2D eigenvalue weighted by atomic mass is 16.5. The zero-order chi connectivity index (χ0) is 18.3. The summed E-state index contributed by atoms with van der Waals surface area (Å²) < 4.78 is 6.77. The van der Waals surface area contributed by atoms with Crippen LogP contribution in [-0.4, -0.2) is 58.4 Å². The van der Waals surface area contributed by atoms with Gasteiger partial charge in [0.25, 0.3) is 0 Å². The summed E-state index contributed by atoms with van der Waals surface area (Å²) in [4.78, 5) is 12.6. The molecule has 26 heavy (non-hydrogen) atoms. The molecule has 5 nitrogen and oxygen atoms in total. The first-order chi connectivity index (χ1) is 12.4. The lowest BCUT2D eigenvalue weighted by Crippen LogP contribution is -2.70. The molecule has 3 aliphatic carbocycles. The molecule has 4 aliphatic rings. The Labute approximate surface area is 154 Å². The number of phenolic OH excluding ortho intramolecular Hbond substituents is 1. The van der Waals surface area contributed by atoms with Gasteiger partial charge in [-0.2, -0.15) is 0 Å². The van der Waals surface area contributed by atoms with Crippen molar-refractivity contribution in [3.8, 4) is 11.5 Å². The number of quaternary nitrogens is 1. The summed E-state index contributed by atoms with van der Waals surface area (Å²) in [5.41, 5.74) is 1.06. The molecule has 5 rings (SSSR count). The van der Waals surface area contributed by atoms with Gasteiger partial charge in [-0.25, -0.2) is 0 Å². The van der Waals surface area contributed by atoms with E-state index in [1.165, 1.54) is 12.8 Å². The fourth-order valence-electron chi connectivity index (χ4n) is 5.89. The molecule has 2 N–H and O–H groups in total. The van der Waals surface area contributed by atoms with Gasteiger partial charge in [0.05, 0.1) is 26.1 Å². The highest BCUT2D eigenvalue weighted by Crippen LogP contribution is 2.59. The molecule has 0 spiro atoms. The smallest absolute Gasteiger partial charge is 0.174 e. The number of phenols is 1. The maximum absolute atomic E-state index is 12.6. The van der Waals surface area contributed by atoms with Crippen LogP contribution in [0.25, 0.3) is 0 Å². The van der Waals surface area contributed by atoms with Crippen LogP contribution < -0.4 is 4.74 Å². The van der Waals surface area contributed by atoms with Crippen molar-refractivity contribution in [2.75, 3.05) is 20.1 Å². The van der Waals surface area contributed by atoms with Crippen molar-refractivity contribution in [1.82, 2.24) is 0 Å². The number of hydrogen-bond acceptors (Lipinski definition) is 4. The quantitative estimate of drug-likeness (QED) is 0.809. The monoisotopic (exact) mass is 358 g/mol. The van der Waals surface area contributed by atoms with Crippen molar-refractivity contribution >= 4 is 5.78 Å².